The van der Waals surface area contributed by atoms with Crippen molar-refractivity contribution in [2.45, 2.75) is 0 Å². The van der Waals surface area contributed by atoms with E-state index in [1.807, 2.05) is 75.9 Å². The lowest BCUT2D eigenvalue weighted by molar-refractivity contribution is 1.03. The van der Waals surface area contributed by atoms with Crippen LogP contribution in [-0.2, 0) is 0 Å². The Hall–Kier alpha value is -7.90. The van der Waals surface area contributed by atoms with Gasteiger partial charge in [-0.3, -0.25) is 14.5 Å². The molecule has 0 aliphatic rings. The number of hydrogen-bond acceptors (Lipinski definition) is 4. The van der Waals surface area contributed by atoms with E-state index in [9.17, 15) is 4.11 Å². The van der Waals surface area contributed by atoms with Crippen LogP contribution < -0.4 is 0 Å². The van der Waals surface area contributed by atoms with Crippen molar-refractivity contribution in [2.75, 3.05) is 0 Å². The largest absolute Gasteiger partial charge is 0.306 e. The van der Waals surface area contributed by atoms with Crippen LogP contribution >= 0.6 is 0 Å². The van der Waals surface area contributed by atoms with Crippen LogP contribution in [0.2, 0.25) is 0 Å². The number of para-hydroxylation sites is 5. The van der Waals surface area contributed by atoms with Gasteiger partial charge in [0.2, 0.25) is 0 Å². The van der Waals surface area contributed by atoms with E-state index in [0.29, 0.717) is 16.9 Å². The summed E-state index contributed by atoms with van der Waals surface area (Å²) in [5.74, 6) is -0.673. The van der Waals surface area contributed by atoms with Crippen LogP contribution in [-0.4, -0.2) is 33.6 Å². The Morgan fingerprint density at radius 3 is 1.70 bits per heavy atom. The number of hydrogen-bond donors (Lipinski definition) is 0. The van der Waals surface area contributed by atoms with E-state index in [1.54, 1.807) is 36.9 Å². The van der Waals surface area contributed by atoms with Gasteiger partial charge in [0, 0.05) is 61.9 Å². The van der Waals surface area contributed by atoms with Gasteiger partial charge in [0.15, 0.2) is 5.82 Å². The Morgan fingerprint density at radius 2 is 1.02 bits per heavy atom. The first-order chi connectivity index (χ1) is 34.1. The molecule has 7 heteroatoms. The molecule has 0 amide bonds. The Bertz CT molecular complexity index is 4160. The third-order valence-electron chi connectivity index (χ3n) is 10.3. The van der Waals surface area contributed by atoms with Gasteiger partial charge < -0.3 is 9.13 Å². The second-order valence-electron chi connectivity index (χ2n) is 13.3. The van der Waals surface area contributed by atoms with Crippen molar-refractivity contribution in [1.82, 2.24) is 33.6 Å². The highest BCUT2D eigenvalue weighted by molar-refractivity contribution is 6.12. The average molecular weight is 744 g/mol. The SMILES string of the molecule is [2H]c1c(-c2c([2H])c([2H])c([2H])c([2H])c2[2H])nc(-c2cccc(-n3c4ccccc4c4ccncc43)c2-n2c3ccccc3c3ccncc32)nc1-n1c2c([2H])c([2H])c([2H])c([2H])c2c2c([2H])c([2H])c([2H])c([2H])c21. The molecule has 6 heterocycles. The fourth-order valence-corrected chi connectivity index (χ4v) is 8.00. The number of pyridine rings is 2. The lowest BCUT2D eigenvalue weighted by Gasteiger charge is -2.20. The van der Waals surface area contributed by atoms with Gasteiger partial charge in [-0.25, -0.2) is 9.97 Å². The van der Waals surface area contributed by atoms with Gasteiger partial charge in [0.1, 0.15) is 5.82 Å². The minimum absolute atomic E-state index is 0.194. The topological polar surface area (TPSA) is 66.3 Å². The van der Waals surface area contributed by atoms with Crippen LogP contribution in [0, 0.1) is 0 Å². The molecule has 12 rings (SSSR count). The second kappa shape index (κ2) is 12.3. The third kappa shape index (κ3) is 4.66. The molecule has 0 saturated carbocycles. The van der Waals surface area contributed by atoms with Gasteiger partial charge in [0.25, 0.3) is 0 Å². The summed E-state index contributed by atoms with van der Waals surface area (Å²) in [6, 6.07) is 15.3. The lowest BCUT2D eigenvalue weighted by Crippen LogP contribution is -2.08. The van der Waals surface area contributed by atoms with Crippen molar-refractivity contribution in [3.05, 3.63) is 188 Å². The van der Waals surface area contributed by atoms with Crippen LogP contribution in [0.4, 0.5) is 0 Å². The molecular weight excluding hydrogens is 699 g/mol. The Labute approximate surface area is 346 Å². The molecule has 0 aliphatic heterocycles. The number of nitrogens with zero attached hydrogens (tertiary/aromatic N) is 7. The van der Waals surface area contributed by atoms with Crippen LogP contribution in [0.3, 0.4) is 0 Å². The smallest absolute Gasteiger partial charge is 0.164 e. The maximum absolute atomic E-state index is 9.95. The fourth-order valence-electron chi connectivity index (χ4n) is 8.00. The molecular formula is C50H31N7. The van der Waals surface area contributed by atoms with E-state index in [4.69, 9.17) is 25.0 Å². The highest BCUT2D eigenvalue weighted by Crippen LogP contribution is 2.42. The zero-order valence-corrected chi connectivity index (χ0v) is 29.4. The summed E-state index contributed by atoms with van der Waals surface area (Å²) in [5, 5.41) is 2.98. The van der Waals surface area contributed by atoms with Crippen LogP contribution in [0.15, 0.2) is 188 Å². The molecule has 266 valence electrons. The maximum atomic E-state index is 9.95. The Morgan fingerprint density at radius 1 is 0.439 bits per heavy atom. The van der Waals surface area contributed by atoms with Crippen molar-refractivity contribution in [1.29, 1.82) is 0 Å². The number of benzene rings is 6. The van der Waals surface area contributed by atoms with Gasteiger partial charge in [-0.05, 0) is 48.5 Å². The van der Waals surface area contributed by atoms with Gasteiger partial charge in [-0.2, -0.15) is 0 Å². The molecule has 0 fully saturated rings. The first-order valence-electron chi connectivity index (χ1n) is 24.9. The summed E-state index contributed by atoms with van der Waals surface area (Å²) in [6.07, 6.45) is 6.88. The van der Waals surface area contributed by atoms with Crippen LogP contribution in [0.1, 0.15) is 19.2 Å². The van der Waals surface area contributed by atoms with E-state index in [1.165, 1.54) is 0 Å². The number of rotatable bonds is 5. The molecule has 0 aliphatic carbocycles. The van der Waals surface area contributed by atoms with E-state index in [-0.39, 0.29) is 33.2 Å². The Balaban J connectivity index is 1.33. The minimum atomic E-state index is -0.720. The lowest BCUT2D eigenvalue weighted by atomic mass is 10.1. The van der Waals surface area contributed by atoms with E-state index in [0.717, 1.165) is 42.7 Å². The zero-order valence-electron chi connectivity index (χ0n) is 43.4. The minimum Gasteiger partial charge on any atom is -0.306 e. The summed E-state index contributed by atoms with van der Waals surface area (Å²) in [6.45, 7) is 0. The summed E-state index contributed by atoms with van der Waals surface area (Å²) >= 11 is 0. The van der Waals surface area contributed by atoms with Crippen molar-refractivity contribution in [3.63, 3.8) is 0 Å². The van der Waals surface area contributed by atoms with Gasteiger partial charge in [0.05, 0.1) is 81.8 Å². The van der Waals surface area contributed by atoms with E-state index in [2.05, 4.69) is 9.97 Å². The number of fused-ring (bicyclic) bond motifs is 9. The highest BCUT2D eigenvalue weighted by Gasteiger charge is 2.25. The maximum Gasteiger partial charge on any atom is 0.164 e. The highest BCUT2D eigenvalue weighted by atomic mass is 15.1. The molecule has 12 aromatic rings. The normalized spacial score (nSPS) is 15.3. The molecule has 0 radical (unpaired) electrons. The van der Waals surface area contributed by atoms with Crippen molar-refractivity contribution < 1.29 is 19.2 Å². The summed E-state index contributed by atoms with van der Waals surface area (Å²) in [7, 11) is 0. The van der Waals surface area contributed by atoms with Crippen molar-refractivity contribution in [3.8, 4) is 39.8 Å². The molecule has 0 atom stereocenters. The average Bonchev–Trinajstić information content (AvgIpc) is 4.04. The molecule has 0 bridgehead atoms. The van der Waals surface area contributed by atoms with E-state index < -0.39 is 102 Å². The molecule has 0 saturated heterocycles. The molecule has 0 N–H and O–H groups in total. The first kappa shape index (κ1) is 20.7. The molecule has 6 aromatic heterocycles. The fraction of sp³-hybridized carbons (Fsp3) is 0. The second-order valence-corrected chi connectivity index (χ2v) is 13.3. The summed E-state index contributed by atoms with van der Waals surface area (Å²) in [4.78, 5) is 19.1. The van der Waals surface area contributed by atoms with Crippen molar-refractivity contribution in [2.24, 2.45) is 0 Å². The molecule has 6 aromatic carbocycles. The van der Waals surface area contributed by atoms with Crippen molar-refractivity contribution >= 4 is 65.4 Å². The van der Waals surface area contributed by atoms with Gasteiger partial charge in [-0.15, -0.1) is 0 Å². The standard InChI is InChI=1S/C50H31N7/c1-2-13-32(14-3-1)40-29-48(56-42-21-9-5-15-33(42)34-16-6-10-22-43(34)56)54-50(53-40)39-19-12-24-45(55-41-20-8-4-17-35(41)37-25-27-51-30-46(37)55)49(39)57-44-23-11-7-18-36(44)38-26-28-52-31-47(38)57/h1-31H/i1D,2D,3D,5D,6D,9D,10D,13D,14D,15D,16D,21D,22D,29D. The molecule has 7 nitrogen and oxygen atoms in total. The predicted octanol–water partition coefficient (Wildman–Crippen LogP) is 11.9. The molecule has 0 spiro atoms. The molecule has 0 unspecified atom stereocenters. The summed E-state index contributed by atoms with van der Waals surface area (Å²) in [5.41, 5.74) is 2.61. The summed E-state index contributed by atoms with van der Waals surface area (Å²) < 4.78 is 131. The number of aromatic nitrogens is 7. The first-order valence-corrected chi connectivity index (χ1v) is 17.9. The molecule has 57 heavy (non-hydrogen) atoms. The van der Waals surface area contributed by atoms with Crippen LogP contribution in [0.25, 0.3) is 105 Å². The quantitative estimate of drug-likeness (QED) is 0.176. The monoisotopic (exact) mass is 743 g/mol. The third-order valence-corrected chi connectivity index (χ3v) is 10.3. The zero-order chi connectivity index (χ0) is 49.6. The van der Waals surface area contributed by atoms with Gasteiger partial charge >= 0.3 is 0 Å². The Kier molecular flexibility index (Phi) is 4.47. The van der Waals surface area contributed by atoms with E-state index >= 15 is 0 Å². The van der Waals surface area contributed by atoms with Gasteiger partial charge in [-0.1, -0.05) is 109 Å². The predicted molar refractivity (Wildman–Crippen MR) is 232 cm³/mol. The van der Waals surface area contributed by atoms with Crippen LogP contribution in [0.5, 0.6) is 0 Å².